The van der Waals surface area contributed by atoms with Gasteiger partial charge >= 0.3 is 0 Å². The molecule has 0 saturated carbocycles. The molecular weight excluding hydrogens is 370 g/mol. The zero-order chi connectivity index (χ0) is 13.8. The lowest BCUT2D eigenvalue weighted by Crippen LogP contribution is -2.12. The zero-order valence-electron chi connectivity index (χ0n) is 10.8. The van der Waals surface area contributed by atoms with E-state index >= 15 is 0 Å². The summed E-state index contributed by atoms with van der Waals surface area (Å²) in [6, 6.07) is 14.2. The Labute approximate surface area is 130 Å². The molecule has 0 heterocycles. The van der Waals surface area contributed by atoms with Crippen molar-refractivity contribution in [2.75, 3.05) is 7.05 Å². The minimum Gasteiger partial charge on any atom is -0.456 e. The monoisotopic (exact) mass is 383 g/mol. The van der Waals surface area contributed by atoms with Crippen LogP contribution in [0.4, 0.5) is 0 Å². The molecule has 0 aromatic heterocycles. The van der Waals surface area contributed by atoms with Crippen molar-refractivity contribution in [2.45, 2.75) is 13.0 Å². The third kappa shape index (κ3) is 3.81. The minimum atomic E-state index is 0.318. The van der Waals surface area contributed by atoms with Gasteiger partial charge < -0.3 is 10.1 Å². The SMILES string of the molecule is CNC(C)c1ccc(Oc2ccc(Br)cc2)c(Br)c1. The summed E-state index contributed by atoms with van der Waals surface area (Å²) in [5, 5.41) is 3.22. The van der Waals surface area contributed by atoms with E-state index in [1.807, 2.05) is 37.4 Å². The lowest BCUT2D eigenvalue weighted by atomic mass is 10.1. The average Bonchev–Trinajstić information content (AvgIpc) is 2.42. The van der Waals surface area contributed by atoms with E-state index in [1.54, 1.807) is 0 Å². The van der Waals surface area contributed by atoms with Crippen LogP contribution in [0.1, 0.15) is 18.5 Å². The molecule has 2 aromatic rings. The van der Waals surface area contributed by atoms with Gasteiger partial charge in [-0.1, -0.05) is 22.0 Å². The fourth-order valence-electron chi connectivity index (χ4n) is 1.67. The summed E-state index contributed by atoms with van der Waals surface area (Å²) in [5.41, 5.74) is 1.22. The summed E-state index contributed by atoms with van der Waals surface area (Å²) in [6.45, 7) is 2.12. The Hall–Kier alpha value is -0.840. The van der Waals surface area contributed by atoms with Crippen LogP contribution in [0.2, 0.25) is 0 Å². The Morgan fingerprint density at radius 2 is 1.74 bits per heavy atom. The smallest absolute Gasteiger partial charge is 0.141 e. The lowest BCUT2D eigenvalue weighted by molar-refractivity contribution is 0.479. The van der Waals surface area contributed by atoms with Crippen molar-refractivity contribution in [1.29, 1.82) is 0 Å². The first-order chi connectivity index (χ1) is 9.10. The second-order valence-corrected chi connectivity index (χ2v) is 6.03. The van der Waals surface area contributed by atoms with E-state index in [0.29, 0.717) is 6.04 Å². The van der Waals surface area contributed by atoms with Crippen LogP contribution in [0, 0.1) is 0 Å². The highest BCUT2D eigenvalue weighted by atomic mass is 79.9. The highest BCUT2D eigenvalue weighted by Gasteiger charge is 2.07. The summed E-state index contributed by atoms with van der Waals surface area (Å²) < 4.78 is 7.84. The van der Waals surface area contributed by atoms with Crippen LogP contribution in [-0.2, 0) is 0 Å². The fourth-order valence-corrected chi connectivity index (χ4v) is 2.41. The first-order valence-electron chi connectivity index (χ1n) is 6.00. The molecule has 0 bridgehead atoms. The molecule has 0 aliphatic carbocycles. The summed E-state index contributed by atoms with van der Waals surface area (Å²) in [6.07, 6.45) is 0. The summed E-state index contributed by atoms with van der Waals surface area (Å²) in [5.74, 6) is 1.63. The maximum absolute atomic E-state index is 5.84. The Morgan fingerprint density at radius 1 is 1.05 bits per heavy atom. The second kappa shape index (κ2) is 6.55. The van der Waals surface area contributed by atoms with Gasteiger partial charge in [0.15, 0.2) is 0 Å². The highest BCUT2D eigenvalue weighted by molar-refractivity contribution is 9.10. The predicted molar refractivity (Wildman–Crippen MR) is 85.8 cm³/mol. The van der Waals surface area contributed by atoms with E-state index in [4.69, 9.17) is 4.74 Å². The Bertz CT molecular complexity index is 555. The quantitative estimate of drug-likeness (QED) is 0.773. The molecule has 2 aromatic carbocycles. The number of nitrogens with one attached hydrogen (secondary N) is 1. The number of ether oxygens (including phenoxy) is 1. The number of hydrogen-bond acceptors (Lipinski definition) is 2. The Kier molecular flexibility index (Phi) is 5.02. The normalized spacial score (nSPS) is 12.2. The molecular formula is C15H15Br2NO. The molecule has 0 fully saturated rings. The van der Waals surface area contributed by atoms with Crippen LogP contribution in [0.3, 0.4) is 0 Å². The molecule has 0 aliphatic rings. The third-order valence-corrected chi connectivity index (χ3v) is 4.08. The van der Waals surface area contributed by atoms with Gasteiger partial charge in [0.2, 0.25) is 0 Å². The van der Waals surface area contributed by atoms with E-state index in [1.165, 1.54) is 5.56 Å². The van der Waals surface area contributed by atoms with Crippen molar-refractivity contribution in [1.82, 2.24) is 5.32 Å². The van der Waals surface area contributed by atoms with Crippen molar-refractivity contribution in [3.63, 3.8) is 0 Å². The van der Waals surface area contributed by atoms with Gasteiger partial charge in [0.1, 0.15) is 11.5 Å². The van der Waals surface area contributed by atoms with Crippen molar-refractivity contribution >= 4 is 31.9 Å². The van der Waals surface area contributed by atoms with Crippen LogP contribution < -0.4 is 10.1 Å². The van der Waals surface area contributed by atoms with Crippen molar-refractivity contribution < 1.29 is 4.74 Å². The molecule has 1 unspecified atom stereocenters. The molecule has 0 aliphatic heterocycles. The maximum Gasteiger partial charge on any atom is 0.141 e. The number of rotatable bonds is 4. The predicted octanol–water partition coefficient (Wildman–Crippen LogP) is 5.28. The van der Waals surface area contributed by atoms with E-state index < -0.39 is 0 Å². The van der Waals surface area contributed by atoms with E-state index in [2.05, 4.69) is 56.2 Å². The summed E-state index contributed by atoms with van der Waals surface area (Å²) >= 11 is 6.96. The fraction of sp³-hybridized carbons (Fsp3) is 0.200. The second-order valence-electron chi connectivity index (χ2n) is 4.26. The van der Waals surface area contributed by atoms with E-state index in [9.17, 15) is 0 Å². The van der Waals surface area contributed by atoms with Crippen LogP contribution in [0.15, 0.2) is 51.4 Å². The highest BCUT2D eigenvalue weighted by Crippen LogP contribution is 2.32. The molecule has 4 heteroatoms. The van der Waals surface area contributed by atoms with E-state index in [-0.39, 0.29) is 0 Å². The van der Waals surface area contributed by atoms with Gasteiger partial charge in [-0.15, -0.1) is 0 Å². The molecule has 1 N–H and O–H groups in total. The van der Waals surface area contributed by atoms with Crippen molar-refractivity contribution in [3.05, 3.63) is 57.0 Å². The molecule has 0 spiro atoms. The molecule has 1 atom stereocenters. The van der Waals surface area contributed by atoms with Crippen LogP contribution in [0.5, 0.6) is 11.5 Å². The van der Waals surface area contributed by atoms with E-state index in [0.717, 1.165) is 20.4 Å². The Balaban J connectivity index is 2.19. The molecule has 19 heavy (non-hydrogen) atoms. The standard InChI is InChI=1S/C15H15Br2NO/c1-10(18-2)11-3-8-15(14(17)9-11)19-13-6-4-12(16)5-7-13/h3-10,18H,1-2H3. The van der Waals surface area contributed by atoms with Crippen LogP contribution in [-0.4, -0.2) is 7.05 Å². The molecule has 0 amide bonds. The van der Waals surface area contributed by atoms with Gasteiger partial charge in [0, 0.05) is 10.5 Å². The number of hydrogen-bond donors (Lipinski definition) is 1. The van der Waals surface area contributed by atoms with Gasteiger partial charge in [0.25, 0.3) is 0 Å². The molecule has 2 rings (SSSR count). The van der Waals surface area contributed by atoms with Gasteiger partial charge in [-0.2, -0.15) is 0 Å². The van der Waals surface area contributed by atoms with Gasteiger partial charge in [0.05, 0.1) is 4.47 Å². The topological polar surface area (TPSA) is 21.3 Å². The molecule has 0 saturated heterocycles. The number of benzene rings is 2. The first-order valence-corrected chi connectivity index (χ1v) is 7.59. The minimum absolute atomic E-state index is 0.318. The molecule has 2 nitrogen and oxygen atoms in total. The van der Waals surface area contributed by atoms with Gasteiger partial charge in [-0.25, -0.2) is 0 Å². The van der Waals surface area contributed by atoms with Crippen LogP contribution in [0.25, 0.3) is 0 Å². The average molecular weight is 385 g/mol. The van der Waals surface area contributed by atoms with Crippen molar-refractivity contribution in [3.8, 4) is 11.5 Å². The maximum atomic E-state index is 5.84. The van der Waals surface area contributed by atoms with Gasteiger partial charge in [-0.3, -0.25) is 0 Å². The summed E-state index contributed by atoms with van der Waals surface area (Å²) in [4.78, 5) is 0. The molecule has 0 radical (unpaired) electrons. The lowest BCUT2D eigenvalue weighted by Gasteiger charge is -2.13. The van der Waals surface area contributed by atoms with Gasteiger partial charge in [-0.05, 0) is 71.9 Å². The van der Waals surface area contributed by atoms with Crippen molar-refractivity contribution in [2.24, 2.45) is 0 Å². The Morgan fingerprint density at radius 3 is 2.32 bits per heavy atom. The molecule has 100 valence electrons. The largest absolute Gasteiger partial charge is 0.456 e. The first kappa shape index (κ1) is 14.6. The number of halogens is 2. The summed E-state index contributed by atoms with van der Waals surface area (Å²) in [7, 11) is 1.95. The zero-order valence-corrected chi connectivity index (χ0v) is 14.0. The van der Waals surface area contributed by atoms with Crippen LogP contribution >= 0.6 is 31.9 Å². The third-order valence-electron chi connectivity index (χ3n) is 2.93.